The number of halogens is 2. The van der Waals surface area contributed by atoms with Gasteiger partial charge in [0, 0.05) is 55.1 Å². The Morgan fingerprint density at radius 2 is 0.713 bits per heavy atom. The SMILES string of the molecule is CCCCCCCCCCC1(CCCCCCCCCC)c2cc(B(O)O)c3nonc3c2-c2c(F)c3c(c(F)c21)-c1c(cc(B2OC(C)(C)C(C)(C)O2)c2nonc12)C3(CCCCCCCCCC)CCCCCCCCCC. The molecule has 1 saturated heterocycles. The van der Waals surface area contributed by atoms with E-state index in [-0.39, 0.29) is 27.6 Å². The highest BCUT2D eigenvalue weighted by atomic mass is 19.1. The summed E-state index contributed by atoms with van der Waals surface area (Å²) in [5.41, 5.74) is 2.41. The molecular formula is C66H100B2F2N4O6. The summed E-state index contributed by atoms with van der Waals surface area (Å²) in [5.74, 6) is -0.879. The second-order valence-corrected chi connectivity index (χ2v) is 25.9. The van der Waals surface area contributed by atoms with Crippen LogP contribution in [0.1, 0.15) is 309 Å². The molecule has 1 aliphatic heterocycles. The van der Waals surface area contributed by atoms with E-state index in [0.29, 0.717) is 70.0 Å². The topological polar surface area (TPSA) is 137 Å². The molecule has 0 unspecified atom stereocenters. The first-order valence-corrected chi connectivity index (χ1v) is 32.6. The van der Waals surface area contributed by atoms with Crippen molar-refractivity contribution < 1.29 is 37.4 Å². The highest BCUT2D eigenvalue weighted by Gasteiger charge is 2.57. The maximum absolute atomic E-state index is 20.0. The van der Waals surface area contributed by atoms with Gasteiger partial charge in [-0.25, -0.2) is 18.0 Å². The van der Waals surface area contributed by atoms with Crippen LogP contribution in [-0.4, -0.2) is 56.1 Å². The van der Waals surface area contributed by atoms with E-state index in [1.807, 2.05) is 27.7 Å². The Balaban J connectivity index is 1.35. The Kier molecular flexibility index (Phi) is 22.4. The van der Waals surface area contributed by atoms with Crippen molar-refractivity contribution in [2.75, 3.05) is 0 Å². The number of benzene rings is 3. The summed E-state index contributed by atoms with van der Waals surface area (Å²) in [6.07, 6.45) is 37.6. The minimum absolute atomic E-state index is 0.132. The maximum Gasteiger partial charge on any atom is 0.497 e. The number of aromatic nitrogens is 4. The lowest BCUT2D eigenvalue weighted by Crippen LogP contribution is -2.41. The third-order valence-corrected chi connectivity index (χ3v) is 19.6. The number of unbranched alkanes of at least 4 members (excludes halogenated alkanes) is 28. The van der Waals surface area contributed by atoms with Crippen LogP contribution in [-0.2, 0) is 20.1 Å². The molecule has 80 heavy (non-hydrogen) atoms. The Bertz CT molecular complexity index is 2720. The molecule has 0 radical (unpaired) electrons. The normalized spacial score (nSPS) is 16.3. The molecule has 2 aromatic heterocycles. The number of hydrogen-bond donors (Lipinski definition) is 2. The summed E-state index contributed by atoms with van der Waals surface area (Å²) < 4.78 is 64.8. The van der Waals surface area contributed by atoms with Crippen molar-refractivity contribution in [3.63, 3.8) is 0 Å². The second-order valence-electron chi connectivity index (χ2n) is 25.9. The molecule has 2 aliphatic carbocycles. The summed E-state index contributed by atoms with van der Waals surface area (Å²) in [6.45, 7) is 17.1. The molecule has 3 aromatic carbocycles. The number of nitrogens with zero attached hydrogens (tertiary/aromatic N) is 4. The molecule has 0 bridgehead atoms. The fraction of sp³-hybridized carbons (Fsp3) is 0.727. The monoisotopic (exact) mass is 1100 g/mol. The fourth-order valence-electron chi connectivity index (χ4n) is 14.4. The molecule has 10 nitrogen and oxygen atoms in total. The first kappa shape index (κ1) is 62.3. The lowest BCUT2D eigenvalue weighted by Gasteiger charge is -2.35. The van der Waals surface area contributed by atoms with Crippen LogP contribution in [0.3, 0.4) is 0 Å². The van der Waals surface area contributed by atoms with Crippen molar-refractivity contribution in [3.05, 3.63) is 46.0 Å². The highest BCUT2D eigenvalue weighted by molar-refractivity contribution is 6.65. The quantitative estimate of drug-likeness (QED) is 0.0290. The van der Waals surface area contributed by atoms with Crippen molar-refractivity contribution >= 4 is 47.2 Å². The lowest BCUT2D eigenvalue weighted by atomic mass is 9.66. The van der Waals surface area contributed by atoms with Gasteiger partial charge < -0.3 is 19.4 Å². The summed E-state index contributed by atoms with van der Waals surface area (Å²) in [4.78, 5) is 0. The minimum Gasteiger partial charge on any atom is -0.423 e. The van der Waals surface area contributed by atoms with Crippen LogP contribution in [0, 0.1) is 11.6 Å². The molecule has 0 spiro atoms. The van der Waals surface area contributed by atoms with Gasteiger partial charge in [-0.05, 0) is 74.8 Å². The number of hydrogen-bond acceptors (Lipinski definition) is 10. The molecular weight excluding hydrogens is 1000 g/mol. The minimum atomic E-state index is -1.91. The van der Waals surface area contributed by atoms with Gasteiger partial charge >= 0.3 is 14.2 Å². The molecule has 0 saturated carbocycles. The van der Waals surface area contributed by atoms with E-state index >= 15 is 8.78 Å². The van der Waals surface area contributed by atoms with Crippen LogP contribution < -0.4 is 10.9 Å². The molecule has 2 N–H and O–H groups in total. The number of rotatable bonds is 38. The van der Waals surface area contributed by atoms with Crippen LogP contribution in [0.15, 0.2) is 21.4 Å². The van der Waals surface area contributed by atoms with E-state index in [1.54, 1.807) is 6.07 Å². The zero-order valence-corrected chi connectivity index (χ0v) is 50.8. The highest BCUT2D eigenvalue weighted by Crippen LogP contribution is 2.65. The molecule has 3 aliphatic rings. The van der Waals surface area contributed by atoms with Crippen LogP contribution in [0.25, 0.3) is 44.3 Å². The Hall–Kier alpha value is -3.71. The Morgan fingerprint density at radius 3 is 1.06 bits per heavy atom. The molecule has 3 heterocycles. The van der Waals surface area contributed by atoms with Gasteiger partial charge in [0.05, 0.1) is 11.2 Å². The van der Waals surface area contributed by atoms with Gasteiger partial charge in [-0.2, -0.15) is 0 Å². The average molecular weight is 1110 g/mol. The Morgan fingerprint density at radius 1 is 0.412 bits per heavy atom. The van der Waals surface area contributed by atoms with E-state index in [2.05, 4.69) is 54.4 Å². The van der Waals surface area contributed by atoms with E-state index in [0.717, 1.165) is 108 Å². The van der Waals surface area contributed by atoms with Gasteiger partial charge in [0.1, 0.15) is 33.7 Å². The summed E-state index contributed by atoms with van der Waals surface area (Å²) in [7, 11) is -2.74. The van der Waals surface area contributed by atoms with Gasteiger partial charge in [-0.1, -0.05) is 256 Å². The largest absolute Gasteiger partial charge is 0.497 e. The molecule has 0 atom stereocenters. The number of fused-ring (bicyclic) bond motifs is 10. The summed E-state index contributed by atoms with van der Waals surface area (Å²) in [5, 5.41) is 40.2. The summed E-state index contributed by atoms with van der Waals surface area (Å²) >= 11 is 0. The standard InChI is InChI=1S/C66H100B2F2N4O6/c1-9-13-17-21-25-29-33-37-41-65(42-38-34-30-26-22-18-14-10-2)47-45-49(67(75)76)59-61(73-79-71-59)51(47)53-55(65)58(70)54-52-48(46-50(60-62(52)74-80-72-60)68-77-63(5,6)64(7,8)78-68)66(56(54)57(53)69,43-39-35-31-27-23-19-15-11-3)44-40-36-32-28-24-20-16-12-4/h45-46,75-76H,9-44H2,1-8H3. The molecule has 14 heteroatoms. The third kappa shape index (κ3) is 13.0. The maximum atomic E-state index is 20.0. The van der Waals surface area contributed by atoms with Crippen molar-refractivity contribution in [3.8, 4) is 22.3 Å². The van der Waals surface area contributed by atoms with E-state index < -0.39 is 47.9 Å². The lowest BCUT2D eigenvalue weighted by molar-refractivity contribution is 0.00578. The Labute approximate surface area is 480 Å². The first-order chi connectivity index (χ1) is 38.7. The zero-order chi connectivity index (χ0) is 56.9. The molecule has 440 valence electrons. The van der Waals surface area contributed by atoms with Gasteiger partial charge in [0.15, 0.2) is 0 Å². The predicted molar refractivity (Wildman–Crippen MR) is 324 cm³/mol. The second kappa shape index (κ2) is 28.7. The average Bonchev–Trinajstić information content (AvgIpc) is 3.70. The van der Waals surface area contributed by atoms with Crippen molar-refractivity contribution in [2.45, 2.75) is 309 Å². The van der Waals surface area contributed by atoms with Crippen molar-refractivity contribution in [1.82, 2.24) is 20.6 Å². The molecule has 0 amide bonds. The summed E-state index contributed by atoms with van der Waals surface area (Å²) in [6, 6.07) is 3.89. The predicted octanol–water partition coefficient (Wildman–Crippen LogP) is 17.7. The molecule has 5 aromatic rings. The molecule has 1 fully saturated rings. The van der Waals surface area contributed by atoms with E-state index in [9.17, 15) is 10.0 Å². The fourth-order valence-corrected chi connectivity index (χ4v) is 14.4. The smallest absolute Gasteiger partial charge is 0.423 e. The van der Waals surface area contributed by atoms with E-state index in [4.69, 9.17) is 18.6 Å². The van der Waals surface area contributed by atoms with Crippen LogP contribution in [0.4, 0.5) is 8.78 Å². The van der Waals surface area contributed by atoms with Gasteiger partial charge in [-0.3, -0.25) is 0 Å². The van der Waals surface area contributed by atoms with Crippen LogP contribution >= 0.6 is 0 Å². The third-order valence-electron chi connectivity index (χ3n) is 19.6. The zero-order valence-electron chi connectivity index (χ0n) is 50.8. The van der Waals surface area contributed by atoms with Gasteiger partial charge in [0.25, 0.3) is 0 Å². The van der Waals surface area contributed by atoms with Crippen LogP contribution in [0.2, 0.25) is 0 Å². The van der Waals surface area contributed by atoms with E-state index in [1.165, 1.54) is 103 Å². The molecule has 8 rings (SSSR count). The van der Waals surface area contributed by atoms with Crippen molar-refractivity contribution in [1.29, 1.82) is 0 Å². The van der Waals surface area contributed by atoms with Gasteiger partial charge in [-0.15, -0.1) is 0 Å². The first-order valence-electron chi connectivity index (χ1n) is 32.6. The van der Waals surface area contributed by atoms with Crippen LogP contribution in [0.5, 0.6) is 0 Å². The van der Waals surface area contributed by atoms with Gasteiger partial charge in [0.2, 0.25) is 0 Å². The van der Waals surface area contributed by atoms with Crippen molar-refractivity contribution in [2.24, 2.45) is 0 Å².